The molecular weight excluding hydrogens is 216 g/mol. The number of ether oxygens (including phenoxy) is 1. The smallest absolute Gasteiger partial charge is 0.170 e. The Balaban J connectivity index is 1.97. The molecule has 4 heteroatoms. The Labute approximate surface area is 101 Å². The number of aldehydes is 1. The van der Waals surface area contributed by atoms with Crippen LogP contribution in [0.15, 0.2) is 0 Å². The van der Waals surface area contributed by atoms with Gasteiger partial charge >= 0.3 is 0 Å². The maximum absolute atomic E-state index is 11.0. The minimum atomic E-state index is 0.504. The molecule has 1 aliphatic carbocycles. The molecule has 4 nitrogen and oxygen atoms in total. The molecule has 2 aliphatic rings. The molecular formula is C13H18N2O2. The number of carbonyl (C=O) groups excluding carboxylic acids is 1. The largest absolute Gasteiger partial charge is 0.376 e. The van der Waals surface area contributed by atoms with Crippen LogP contribution in [0.5, 0.6) is 0 Å². The van der Waals surface area contributed by atoms with Crippen LogP contribution in [0.25, 0.3) is 0 Å². The van der Waals surface area contributed by atoms with Gasteiger partial charge in [-0.25, -0.2) is 0 Å². The quantitative estimate of drug-likeness (QED) is 0.737. The lowest BCUT2D eigenvalue weighted by Gasteiger charge is -2.25. The van der Waals surface area contributed by atoms with Gasteiger partial charge in [0.2, 0.25) is 0 Å². The van der Waals surface area contributed by atoms with Crippen LogP contribution in [0.2, 0.25) is 0 Å². The normalized spacial score (nSPS) is 21.2. The summed E-state index contributed by atoms with van der Waals surface area (Å²) < 4.78 is 7.55. The highest BCUT2D eigenvalue weighted by atomic mass is 16.5. The molecule has 0 amide bonds. The van der Waals surface area contributed by atoms with E-state index in [1.165, 1.54) is 37.8 Å². The van der Waals surface area contributed by atoms with E-state index in [1.54, 1.807) is 0 Å². The summed E-state index contributed by atoms with van der Waals surface area (Å²) in [6, 6.07) is 0.504. The van der Waals surface area contributed by atoms with Crippen LogP contribution in [0, 0.1) is 0 Å². The van der Waals surface area contributed by atoms with E-state index in [-0.39, 0.29) is 0 Å². The van der Waals surface area contributed by atoms with Crippen molar-refractivity contribution in [3.63, 3.8) is 0 Å². The molecule has 92 valence electrons. The van der Waals surface area contributed by atoms with Crippen molar-refractivity contribution in [1.29, 1.82) is 0 Å². The molecule has 1 aromatic heterocycles. The predicted octanol–water partition coefficient (Wildman–Crippen LogP) is 2.27. The Morgan fingerprint density at radius 1 is 1.29 bits per heavy atom. The molecule has 3 rings (SSSR count). The molecule has 0 N–H and O–H groups in total. The Morgan fingerprint density at radius 2 is 2.12 bits per heavy atom. The van der Waals surface area contributed by atoms with Crippen molar-refractivity contribution in [2.24, 2.45) is 0 Å². The summed E-state index contributed by atoms with van der Waals surface area (Å²) in [5.41, 5.74) is 2.85. The van der Waals surface area contributed by atoms with Crippen LogP contribution in [0.4, 0.5) is 0 Å². The third-order valence-corrected chi connectivity index (χ3v) is 3.91. The summed E-state index contributed by atoms with van der Waals surface area (Å²) in [6.07, 6.45) is 8.07. The highest BCUT2D eigenvalue weighted by Gasteiger charge is 2.25. The molecule has 1 aliphatic heterocycles. The minimum absolute atomic E-state index is 0.504. The number of rotatable bonds is 2. The maximum atomic E-state index is 11.0. The summed E-state index contributed by atoms with van der Waals surface area (Å²) in [5.74, 6) is 0. The lowest BCUT2D eigenvalue weighted by molar-refractivity contribution is 0.104. The zero-order chi connectivity index (χ0) is 11.7. The van der Waals surface area contributed by atoms with Gasteiger partial charge < -0.3 is 4.74 Å². The van der Waals surface area contributed by atoms with Gasteiger partial charge in [0.15, 0.2) is 6.29 Å². The number of fused-ring (bicyclic) bond motifs is 1. The SMILES string of the molecule is O=Cc1nn(C2CCCCC2)c2c1COCC2. The van der Waals surface area contributed by atoms with Crippen LogP contribution >= 0.6 is 0 Å². The molecule has 0 radical (unpaired) electrons. The first kappa shape index (κ1) is 11.0. The molecule has 2 heterocycles. The van der Waals surface area contributed by atoms with Gasteiger partial charge in [0, 0.05) is 17.7 Å². The fraction of sp³-hybridized carbons (Fsp3) is 0.692. The number of carbonyl (C=O) groups is 1. The van der Waals surface area contributed by atoms with Crippen LogP contribution in [0.1, 0.15) is 59.9 Å². The average Bonchev–Trinajstić information content (AvgIpc) is 2.78. The summed E-state index contributed by atoms with van der Waals surface area (Å²) >= 11 is 0. The molecule has 1 aromatic rings. The lowest BCUT2D eigenvalue weighted by Crippen LogP contribution is -2.19. The van der Waals surface area contributed by atoms with Gasteiger partial charge in [0.1, 0.15) is 5.69 Å². The van der Waals surface area contributed by atoms with Crippen LogP contribution in [-0.4, -0.2) is 22.7 Å². The number of hydrogen-bond acceptors (Lipinski definition) is 3. The summed E-state index contributed by atoms with van der Waals surface area (Å²) in [5, 5.41) is 4.50. The van der Waals surface area contributed by atoms with Crippen molar-refractivity contribution in [2.45, 2.75) is 51.2 Å². The van der Waals surface area contributed by atoms with E-state index in [0.717, 1.165) is 24.9 Å². The Bertz CT molecular complexity index is 419. The van der Waals surface area contributed by atoms with E-state index in [2.05, 4.69) is 9.78 Å². The van der Waals surface area contributed by atoms with Gasteiger partial charge in [-0.2, -0.15) is 5.10 Å². The second kappa shape index (κ2) is 4.61. The topological polar surface area (TPSA) is 44.1 Å². The predicted molar refractivity (Wildman–Crippen MR) is 63.1 cm³/mol. The number of aromatic nitrogens is 2. The minimum Gasteiger partial charge on any atom is -0.376 e. The Morgan fingerprint density at radius 3 is 2.88 bits per heavy atom. The molecule has 0 unspecified atom stereocenters. The van der Waals surface area contributed by atoms with E-state index in [0.29, 0.717) is 18.3 Å². The maximum Gasteiger partial charge on any atom is 0.170 e. The van der Waals surface area contributed by atoms with Crippen LogP contribution in [-0.2, 0) is 17.8 Å². The monoisotopic (exact) mass is 234 g/mol. The van der Waals surface area contributed by atoms with Crippen molar-refractivity contribution in [3.05, 3.63) is 17.0 Å². The molecule has 0 aromatic carbocycles. The number of nitrogens with zero attached hydrogens (tertiary/aromatic N) is 2. The molecule has 17 heavy (non-hydrogen) atoms. The summed E-state index contributed by atoms with van der Waals surface area (Å²) in [6.45, 7) is 1.31. The van der Waals surface area contributed by atoms with E-state index >= 15 is 0 Å². The first-order chi connectivity index (χ1) is 8.40. The second-order valence-corrected chi connectivity index (χ2v) is 4.97. The van der Waals surface area contributed by atoms with Gasteiger partial charge in [-0.05, 0) is 12.8 Å². The third kappa shape index (κ3) is 1.90. The van der Waals surface area contributed by atoms with Gasteiger partial charge in [0.25, 0.3) is 0 Å². The highest BCUT2D eigenvalue weighted by molar-refractivity contribution is 5.74. The van der Waals surface area contributed by atoms with E-state index in [9.17, 15) is 4.79 Å². The zero-order valence-corrected chi connectivity index (χ0v) is 10.0. The standard InChI is InChI=1S/C13H18N2O2/c16-8-12-11-9-17-7-6-13(11)15(14-12)10-4-2-1-3-5-10/h8,10H,1-7,9H2. The van der Waals surface area contributed by atoms with Gasteiger partial charge in [-0.15, -0.1) is 0 Å². The molecule has 1 fully saturated rings. The fourth-order valence-electron chi connectivity index (χ4n) is 3.01. The first-order valence-electron chi connectivity index (χ1n) is 6.53. The molecule has 0 bridgehead atoms. The summed E-state index contributed by atoms with van der Waals surface area (Å²) in [4.78, 5) is 11.0. The first-order valence-corrected chi connectivity index (χ1v) is 6.53. The van der Waals surface area contributed by atoms with Crippen LogP contribution < -0.4 is 0 Å². The molecule has 0 atom stereocenters. The van der Waals surface area contributed by atoms with Crippen molar-refractivity contribution in [3.8, 4) is 0 Å². The zero-order valence-electron chi connectivity index (χ0n) is 10.0. The van der Waals surface area contributed by atoms with Crippen molar-refractivity contribution in [1.82, 2.24) is 9.78 Å². The van der Waals surface area contributed by atoms with Gasteiger partial charge in [-0.3, -0.25) is 9.48 Å². The third-order valence-electron chi connectivity index (χ3n) is 3.91. The van der Waals surface area contributed by atoms with Gasteiger partial charge in [-0.1, -0.05) is 19.3 Å². The van der Waals surface area contributed by atoms with Crippen molar-refractivity contribution >= 4 is 6.29 Å². The van der Waals surface area contributed by atoms with Gasteiger partial charge in [0.05, 0.1) is 19.3 Å². The summed E-state index contributed by atoms with van der Waals surface area (Å²) in [7, 11) is 0. The fourth-order valence-corrected chi connectivity index (χ4v) is 3.01. The molecule has 0 spiro atoms. The number of hydrogen-bond donors (Lipinski definition) is 0. The average molecular weight is 234 g/mol. The molecule has 1 saturated carbocycles. The van der Waals surface area contributed by atoms with E-state index in [4.69, 9.17) is 4.74 Å². The van der Waals surface area contributed by atoms with Crippen molar-refractivity contribution in [2.75, 3.05) is 6.61 Å². The van der Waals surface area contributed by atoms with Crippen LogP contribution in [0.3, 0.4) is 0 Å². The molecule has 0 saturated heterocycles. The van der Waals surface area contributed by atoms with Crippen molar-refractivity contribution < 1.29 is 9.53 Å². The Hall–Kier alpha value is -1.16. The van der Waals surface area contributed by atoms with E-state index < -0.39 is 0 Å². The Kier molecular flexibility index (Phi) is 2.97. The highest BCUT2D eigenvalue weighted by Crippen LogP contribution is 2.31. The van der Waals surface area contributed by atoms with E-state index in [1.807, 2.05) is 0 Å². The second-order valence-electron chi connectivity index (χ2n) is 4.97. The lowest BCUT2D eigenvalue weighted by atomic mass is 9.95.